The minimum Gasteiger partial charge on any atom is -0.350 e. The van der Waals surface area contributed by atoms with Crippen LogP contribution in [0.15, 0.2) is 36.7 Å². The first-order valence-corrected chi connectivity index (χ1v) is 7.20. The number of anilines is 1. The summed E-state index contributed by atoms with van der Waals surface area (Å²) < 4.78 is 0. The summed E-state index contributed by atoms with van der Waals surface area (Å²) in [6.07, 6.45) is 5.20. The molecule has 0 unspecified atom stereocenters. The van der Waals surface area contributed by atoms with E-state index in [-0.39, 0.29) is 5.91 Å². The van der Waals surface area contributed by atoms with Crippen LogP contribution in [-0.4, -0.2) is 21.9 Å². The Balaban J connectivity index is 1.56. The van der Waals surface area contributed by atoms with E-state index in [0.29, 0.717) is 29.1 Å². The Labute approximate surface area is 127 Å². The molecular formula is C15H15ClN4O. The normalized spacial score (nSPS) is 13.8. The summed E-state index contributed by atoms with van der Waals surface area (Å²) in [4.78, 5) is 20.1. The molecule has 6 heteroatoms. The van der Waals surface area contributed by atoms with Crippen molar-refractivity contribution < 1.29 is 4.79 Å². The highest BCUT2D eigenvalue weighted by Gasteiger charge is 2.23. The third-order valence-electron chi connectivity index (χ3n) is 3.19. The predicted molar refractivity (Wildman–Crippen MR) is 81.3 cm³/mol. The summed E-state index contributed by atoms with van der Waals surface area (Å²) in [5, 5.41) is 6.71. The Morgan fingerprint density at radius 3 is 2.48 bits per heavy atom. The summed E-state index contributed by atoms with van der Waals surface area (Å²) in [6.45, 7) is 0.602. The fourth-order valence-corrected chi connectivity index (χ4v) is 1.94. The number of carbonyl (C=O) groups is 1. The molecule has 0 atom stereocenters. The zero-order valence-corrected chi connectivity index (χ0v) is 12.1. The Bertz CT molecular complexity index is 623. The minimum atomic E-state index is -0.109. The smallest absolute Gasteiger partial charge is 0.254 e. The molecule has 0 saturated heterocycles. The maximum atomic E-state index is 11.8. The van der Waals surface area contributed by atoms with E-state index < -0.39 is 0 Å². The molecule has 0 radical (unpaired) electrons. The zero-order valence-electron chi connectivity index (χ0n) is 11.3. The highest BCUT2D eigenvalue weighted by atomic mass is 35.5. The van der Waals surface area contributed by atoms with Gasteiger partial charge in [0.25, 0.3) is 5.91 Å². The molecule has 1 saturated carbocycles. The fourth-order valence-electron chi connectivity index (χ4n) is 1.82. The van der Waals surface area contributed by atoms with Crippen molar-refractivity contribution in [3.8, 4) is 0 Å². The Morgan fingerprint density at radius 2 is 1.86 bits per heavy atom. The SMILES string of the molecule is O=C(NC1CC1)c1cnc(NCc2ccc(Cl)cc2)nc1. The number of hydrogen-bond donors (Lipinski definition) is 2. The Morgan fingerprint density at radius 1 is 1.19 bits per heavy atom. The van der Waals surface area contributed by atoms with Crippen molar-refractivity contribution in [3.05, 3.63) is 52.8 Å². The average Bonchev–Trinajstić information content (AvgIpc) is 3.31. The number of amides is 1. The van der Waals surface area contributed by atoms with Gasteiger partial charge in [0.15, 0.2) is 0 Å². The lowest BCUT2D eigenvalue weighted by Crippen LogP contribution is -2.25. The number of nitrogens with one attached hydrogen (secondary N) is 2. The van der Waals surface area contributed by atoms with Crippen molar-refractivity contribution >= 4 is 23.5 Å². The van der Waals surface area contributed by atoms with Gasteiger partial charge in [-0.2, -0.15) is 0 Å². The van der Waals surface area contributed by atoms with E-state index in [2.05, 4.69) is 20.6 Å². The maximum absolute atomic E-state index is 11.8. The third-order valence-corrected chi connectivity index (χ3v) is 3.44. The second-order valence-electron chi connectivity index (χ2n) is 5.02. The van der Waals surface area contributed by atoms with Crippen molar-refractivity contribution in [1.29, 1.82) is 0 Å². The van der Waals surface area contributed by atoms with Crippen molar-refractivity contribution in [3.63, 3.8) is 0 Å². The van der Waals surface area contributed by atoms with Gasteiger partial charge in [-0.1, -0.05) is 23.7 Å². The molecule has 1 aromatic carbocycles. The molecule has 1 fully saturated rings. The summed E-state index contributed by atoms with van der Waals surface area (Å²) in [5.41, 5.74) is 1.57. The van der Waals surface area contributed by atoms with E-state index in [0.717, 1.165) is 18.4 Å². The molecule has 108 valence electrons. The quantitative estimate of drug-likeness (QED) is 0.891. The molecule has 1 aliphatic rings. The molecule has 1 aromatic heterocycles. The lowest BCUT2D eigenvalue weighted by molar-refractivity contribution is 0.0950. The van der Waals surface area contributed by atoms with Gasteiger partial charge >= 0.3 is 0 Å². The van der Waals surface area contributed by atoms with Gasteiger partial charge in [0.2, 0.25) is 5.95 Å². The van der Waals surface area contributed by atoms with Crippen molar-refractivity contribution in [2.24, 2.45) is 0 Å². The number of rotatable bonds is 5. The monoisotopic (exact) mass is 302 g/mol. The molecule has 0 bridgehead atoms. The first kappa shape index (κ1) is 13.8. The molecule has 21 heavy (non-hydrogen) atoms. The van der Waals surface area contributed by atoms with Crippen molar-refractivity contribution in [1.82, 2.24) is 15.3 Å². The van der Waals surface area contributed by atoms with Gasteiger partial charge in [-0.25, -0.2) is 9.97 Å². The maximum Gasteiger partial charge on any atom is 0.254 e. The lowest BCUT2D eigenvalue weighted by atomic mass is 10.2. The van der Waals surface area contributed by atoms with Crippen LogP contribution in [0.5, 0.6) is 0 Å². The highest BCUT2D eigenvalue weighted by Crippen LogP contribution is 2.19. The molecule has 1 aliphatic carbocycles. The van der Waals surface area contributed by atoms with E-state index >= 15 is 0 Å². The average molecular weight is 303 g/mol. The van der Waals surface area contributed by atoms with Crippen molar-refractivity contribution in [2.75, 3.05) is 5.32 Å². The molecule has 0 aliphatic heterocycles. The summed E-state index contributed by atoms with van der Waals surface area (Å²) in [6, 6.07) is 7.88. The van der Waals surface area contributed by atoms with Crippen LogP contribution in [0.2, 0.25) is 5.02 Å². The number of nitrogens with zero attached hydrogens (tertiary/aromatic N) is 2. The number of carbonyl (C=O) groups excluding carboxylic acids is 1. The van der Waals surface area contributed by atoms with Gasteiger partial charge in [0, 0.05) is 30.0 Å². The van der Waals surface area contributed by atoms with Gasteiger partial charge in [0.05, 0.1) is 5.56 Å². The Hall–Kier alpha value is -2.14. The second-order valence-corrected chi connectivity index (χ2v) is 5.46. The van der Waals surface area contributed by atoms with E-state index in [1.165, 1.54) is 12.4 Å². The van der Waals surface area contributed by atoms with Crippen molar-refractivity contribution in [2.45, 2.75) is 25.4 Å². The highest BCUT2D eigenvalue weighted by molar-refractivity contribution is 6.30. The van der Waals surface area contributed by atoms with Gasteiger partial charge in [-0.05, 0) is 30.5 Å². The zero-order chi connectivity index (χ0) is 14.7. The van der Waals surface area contributed by atoms with E-state index in [4.69, 9.17) is 11.6 Å². The predicted octanol–water partition coefficient (Wildman–Crippen LogP) is 2.63. The van der Waals surface area contributed by atoms with Crippen LogP contribution < -0.4 is 10.6 Å². The van der Waals surface area contributed by atoms with Crippen LogP contribution in [0.25, 0.3) is 0 Å². The van der Waals surface area contributed by atoms with E-state index in [1.807, 2.05) is 24.3 Å². The Kier molecular flexibility index (Phi) is 4.01. The lowest BCUT2D eigenvalue weighted by Gasteiger charge is -2.06. The van der Waals surface area contributed by atoms with Crippen LogP contribution in [0.4, 0.5) is 5.95 Å². The molecule has 3 rings (SSSR count). The second kappa shape index (κ2) is 6.10. The molecule has 2 aromatic rings. The van der Waals surface area contributed by atoms with Crippen LogP contribution in [0.1, 0.15) is 28.8 Å². The largest absolute Gasteiger partial charge is 0.350 e. The van der Waals surface area contributed by atoms with Crippen LogP contribution in [0.3, 0.4) is 0 Å². The van der Waals surface area contributed by atoms with Gasteiger partial charge in [-0.3, -0.25) is 4.79 Å². The van der Waals surface area contributed by atoms with Gasteiger partial charge < -0.3 is 10.6 Å². The molecule has 2 N–H and O–H groups in total. The number of benzene rings is 1. The molecular weight excluding hydrogens is 288 g/mol. The summed E-state index contributed by atoms with van der Waals surface area (Å²) in [5.74, 6) is 0.384. The minimum absolute atomic E-state index is 0.109. The summed E-state index contributed by atoms with van der Waals surface area (Å²) in [7, 11) is 0. The molecule has 5 nitrogen and oxygen atoms in total. The first-order chi connectivity index (χ1) is 10.2. The van der Waals surface area contributed by atoms with Crippen LogP contribution in [-0.2, 0) is 6.54 Å². The number of aromatic nitrogens is 2. The molecule has 0 spiro atoms. The first-order valence-electron chi connectivity index (χ1n) is 6.82. The number of hydrogen-bond acceptors (Lipinski definition) is 4. The van der Waals surface area contributed by atoms with Crippen LogP contribution in [0, 0.1) is 0 Å². The van der Waals surface area contributed by atoms with E-state index in [1.54, 1.807) is 0 Å². The van der Waals surface area contributed by atoms with Crippen LogP contribution >= 0.6 is 11.6 Å². The van der Waals surface area contributed by atoms with Gasteiger partial charge in [-0.15, -0.1) is 0 Å². The van der Waals surface area contributed by atoms with Gasteiger partial charge in [0.1, 0.15) is 0 Å². The third kappa shape index (κ3) is 3.92. The fraction of sp³-hybridized carbons (Fsp3) is 0.267. The standard InChI is InChI=1S/C15H15ClN4O/c16-12-3-1-10(2-4-12)7-17-15-18-8-11(9-19-15)14(21)20-13-5-6-13/h1-4,8-9,13H,5-7H2,(H,20,21)(H,17,18,19). The summed E-state index contributed by atoms with van der Waals surface area (Å²) >= 11 is 5.83. The van der Waals surface area contributed by atoms with E-state index in [9.17, 15) is 4.79 Å². The molecule has 1 amide bonds. The topological polar surface area (TPSA) is 66.9 Å². The number of halogens is 1. The molecule has 1 heterocycles.